The van der Waals surface area contributed by atoms with Gasteiger partial charge in [0.2, 0.25) is 0 Å². The highest BCUT2D eigenvalue weighted by molar-refractivity contribution is 5.95. The smallest absolute Gasteiger partial charge is 0.292 e. The van der Waals surface area contributed by atoms with Crippen LogP contribution in [0.4, 0.5) is 0 Å². The molecule has 0 unspecified atom stereocenters. The van der Waals surface area contributed by atoms with Crippen LogP contribution in [-0.4, -0.2) is 20.1 Å². The SMILES string of the molecule is CCc1ccc(C(=O)Cn2nc3n(c2=O)CCCC3)cc1. The third-order valence-electron chi connectivity index (χ3n) is 4.01. The summed E-state index contributed by atoms with van der Waals surface area (Å²) in [5, 5.41) is 4.30. The standard InChI is InChI=1S/C16H19N3O2/c1-2-12-6-8-13(9-7-12)14(20)11-19-16(21)18-10-4-3-5-15(18)17-19/h6-9H,2-5,10-11H2,1H3. The molecule has 1 aliphatic heterocycles. The highest BCUT2D eigenvalue weighted by Crippen LogP contribution is 2.10. The fraction of sp³-hybridized carbons (Fsp3) is 0.438. The second-order valence-electron chi connectivity index (χ2n) is 5.44. The van der Waals surface area contributed by atoms with Crippen LogP contribution in [0.2, 0.25) is 0 Å². The van der Waals surface area contributed by atoms with Crippen molar-refractivity contribution in [1.29, 1.82) is 0 Å². The monoisotopic (exact) mass is 285 g/mol. The lowest BCUT2D eigenvalue weighted by Crippen LogP contribution is -2.29. The van der Waals surface area contributed by atoms with Crippen LogP contribution in [0.3, 0.4) is 0 Å². The molecule has 0 aliphatic carbocycles. The largest absolute Gasteiger partial charge is 0.346 e. The Morgan fingerprint density at radius 2 is 2.00 bits per heavy atom. The molecule has 1 aromatic carbocycles. The van der Waals surface area contributed by atoms with Crippen LogP contribution < -0.4 is 5.69 Å². The van der Waals surface area contributed by atoms with Crippen molar-refractivity contribution in [3.05, 3.63) is 51.7 Å². The summed E-state index contributed by atoms with van der Waals surface area (Å²) >= 11 is 0. The molecule has 0 amide bonds. The Hall–Kier alpha value is -2.17. The zero-order valence-corrected chi connectivity index (χ0v) is 12.2. The molecule has 2 heterocycles. The zero-order chi connectivity index (χ0) is 14.8. The summed E-state index contributed by atoms with van der Waals surface area (Å²) in [4.78, 5) is 24.5. The minimum absolute atomic E-state index is 0.0182. The van der Waals surface area contributed by atoms with Crippen LogP contribution in [0.15, 0.2) is 29.1 Å². The van der Waals surface area contributed by atoms with Crippen LogP contribution >= 0.6 is 0 Å². The molecule has 0 saturated carbocycles. The van der Waals surface area contributed by atoms with Gasteiger partial charge >= 0.3 is 5.69 Å². The second-order valence-corrected chi connectivity index (χ2v) is 5.44. The van der Waals surface area contributed by atoms with Crippen LogP contribution in [-0.2, 0) is 25.9 Å². The van der Waals surface area contributed by atoms with Gasteiger partial charge in [0.1, 0.15) is 12.4 Å². The first-order valence-corrected chi connectivity index (χ1v) is 7.47. The number of hydrogen-bond donors (Lipinski definition) is 0. The minimum atomic E-state index is -0.164. The van der Waals surface area contributed by atoms with Crippen molar-refractivity contribution in [2.24, 2.45) is 0 Å². The summed E-state index contributed by atoms with van der Waals surface area (Å²) in [6, 6.07) is 7.55. The Morgan fingerprint density at radius 3 is 2.67 bits per heavy atom. The van der Waals surface area contributed by atoms with Crippen molar-refractivity contribution in [3.8, 4) is 0 Å². The zero-order valence-electron chi connectivity index (χ0n) is 12.2. The fourth-order valence-corrected chi connectivity index (χ4v) is 2.71. The maximum atomic E-state index is 12.3. The average molecular weight is 285 g/mol. The molecule has 0 bridgehead atoms. The van der Waals surface area contributed by atoms with E-state index in [9.17, 15) is 9.59 Å². The number of rotatable bonds is 4. The van der Waals surface area contributed by atoms with E-state index in [1.54, 1.807) is 4.57 Å². The molecular weight excluding hydrogens is 266 g/mol. The number of aromatic nitrogens is 3. The lowest BCUT2D eigenvalue weighted by molar-refractivity contribution is 0.0966. The Kier molecular flexibility index (Phi) is 3.73. The second kappa shape index (κ2) is 5.68. The van der Waals surface area contributed by atoms with Gasteiger partial charge in [0.25, 0.3) is 0 Å². The van der Waals surface area contributed by atoms with E-state index < -0.39 is 0 Å². The normalized spacial score (nSPS) is 14.0. The summed E-state index contributed by atoms with van der Waals surface area (Å²) in [5.74, 6) is 0.732. The van der Waals surface area contributed by atoms with Crippen LogP contribution in [0.5, 0.6) is 0 Å². The predicted octanol–water partition coefficient (Wildman–Crippen LogP) is 1.83. The number of hydrogen-bond acceptors (Lipinski definition) is 3. The van der Waals surface area contributed by atoms with Gasteiger partial charge in [-0.05, 0) is 24.8 Å². The minimum Gasteiger partial charge on any atom is -0.292 e. The van der Waals surface area contributed by atoms with E-state index in [1.165, 1.54) is 10.2 Å². The van der Waals surface area contributed by atoms with E-state index in [0.29, 0.717) is 12.1 Å². The quantitative estimate of drug-likeness (QED) is 0.805. The van der Waals surface area contributed by atoms with E-state index in [4.69, 9.17) is 0 Å². The molecule has 0 radical (unpaired) electrons. The first-order valence-electron chi connectivity index (χ1n) is 7.47. The third kappa shape index (κ3) is 2.68. The predicted molar refractivity (Wildman–Crippen MR) is 79.6 cm³/mol. The summed E-state index contributed by atoms with van der Waals surface area (Å²) in [6.07, 6.45) is 3.83. The van der Waals surface area contributed by atoms with Crippen molar-refractivity contribution in [2.75, 3.05) is 0 Å². The van der Waals surface area contributed by atoms with Crippen molar-refractivity contribution < 1.29 is 4.79 Å². The number of fused-ring (bicyclic) bond motifs is 1. The lowest BCUT2D eigenvalue weighted by Gasteiger charge is -2.09. The number of Topliss-reactive ketones (excluding diaryl/α,β-unsaturated/α-hetero) is 1. The van der Waals surface area contributed by atoms with E-state index in [0.717, 1.165) is 31.5 Å². The molecule has 0 N–H and O–H groups in total. The van der Waals surface area contributed by atoms with Crippen LogP contribution in [0.25, 0.3) is 0 Å². The molecule has 1 aliphatic rings. The summed E-state index contributed by atoms with van der Waals surface area (Å²) < 4.78 is 2.99. The van der Waals surface area contributed by atoms with Gasteiger partial charge in [-0.3, -0.25) is 9.36 Å². The molecule has 1 aromatic heterocycles. The molecule has 110 valence electrons. The van der Waals surface area contributed by atoms with Gasteiger partial charge in [-0.25, -0.2) is 9.48 Å². The Labute approximate surface area is 123 Å². The summed E-state index contributed by atoms with van der Waals surface area (Å²) in [6.45, 7) is 2.81. The number of nitrogens with zero attached hydrogens (tertiary/aromatic N) is 3. The van der Waals surface area contributed by atoms with Gasteiger partial charge < -0.3 is 0 Å². The Bertz CT molecular complexity index is 710. The summed E-state index contributed by atoms with van der Waals surface area (Å²) in [5.41, 5.74) is 1.66. The van der Waals surface area contributed by atoms with Gasteiger partial charge in [0, 0.05) is 18.5 Å². The number of carbonyl (C=O) groups excluding carboxylic acids is 1. The maximum Gasteiger partial charge on any atom is 0.346 e. The molecule has 5 heteroatoms. The molecule has 3 rings (SSSR count). The number of carbonyl (C=O) groups is 1. The van der Waals surface area contributed by atoms with Crippen molar-refractivity contribution in [2.45, 2.75) is 45.7 Å². The number of aryl methyl sites for hydroxylation is 2. The topological polar surface area (TPSA) is 56.9 Å². The van der Waals surface area contributed by atoms with Gasteiger partial charge in [0.05, 0.1) is 0 Å². The van der Waals surface area contributed by atoms with E-state index in [1.807, 2.05) is 24.3 Å². The first-order chi connectivity index (χ1) is 10.2. The number of ketones is 1. The molecule has 0 fully saturated rings. The van der Waals surface area contributed by atoms with E-state index >= 15 is 0 Å². The van der Waals surface area contributed by atoms with E-state index in [2.05, 4.69) is 12.0 Å². The lowest BCUT2D eigenvalue weighted by atomic mass is 10.1. The number of benzene rings is 1. The molecule has 5 nitrogen and oxygen atoms in total. The fourth-order valence-electron chi connectivity index (χ4n) is 2.71. The molecule has 0 spiro atoms. The van der Waals surface area contributed by atoms with Crippen LogP contribution in [0.1, 0.15) is 41.5 Å². The molecular formula is C16H19N3O2. The van der Waals surface area contributed by atoms with Gasteiger partial charge in [0.15, 0.2) is 5.78 Å². The van der Waals surface area contributed by atoms with Crippen molar-refractivity contribution >= 4 is 5.78 Å². The summed E-state index contributed by atoms with van der Waals surface area (Å²) in [7, 11) is 0. The van der Waals surface area contributed by atoms with Gasteiger partial charge in [-0.2, -0.15) is 5.10 Å². The first kappa shape index (κ1) is 13.8. The third-order valence-corrected chi connectivity index (χ3v) is 4.01. The molecule has 21 heavy (non-hydrogen) atoms. The van der Waals surface area contributed by atoms with Crippen molar-refractivity contribution in [1.82, 2.24) is 14.3 Å². The van der Waals surface area contributed by atoms with E-state index in [-0.39, 0.29) is 18.0 Å². The van der Waals surface area contributed by atoms with Crippen molar-refractivity contribution in [3.63, 3.8) is 0 Å². The average Bonchev–Trinajstić information content (AvgIpc) is 2.84. The van der Waals surface area contributed by atoms with Gasteiger partial charge in [-0.15, -0.1) is 0 Å². The Balaban J connectivity index is 1.81. The van der Waals surface area contributed by atoms with Gasteiger partial charge in [-0.1, -0.05) is 31.2 Å². The molecule has 0 saturated heterocycles. The molecule has 0 atom stereocenters. The maximum absolute atomic E-state index is 12.3. The Morgan fingerprint density at radius 1 is 1.24 bits per heavy atom. The van der Waals surface area contributed by atoms with Crippen LogP contribution in [0, 0.1) is 0 Å². The highest BCUT2D eigenvalue weighted by atomic mass is 16.2. The highest BCUT2D eigenvalue weighted by Gasteiger charge is 2.18. The molecule has 2 aromatic rings.